The molecule has 10 heavy (non-hydrogen) atoms. The van der Waals surface area contributed by atoms with Crippen LogP contribution in [0.2, 0.25) is 0 Å². The van der Waals surface area contributed by atoms with Crippen molar-refractivity contribution in [2.75, 3.05) is 0 Å². The van der Waals surface area contributed by atoms with Gasteiger partial charge < -0.3 is 5.11 Å². The standard InChI is InChI=1S/C7H10BrFO/c1-3-7(10)6(8)4-5(2)9/h4,10H,3H2,1-2H3/b5-4-,7-6-. The van der Waals surface area contributed by atoms with Crippen molar-refractivity contribution >= 4 is 15.9 Å². The average molecular weight is 209 g/mol. The van der Waals surface area contributed by atoms with Gasteiger partial charge in [0.2, 0.25) is 0 Å². The third-order valence-electron chi connectivity index (χ3n) is 0.936. The number of aliphatic hydroxyl groups is 1. The lowest BCUT2D eigenvalue weighted by molar-refractivity contribution is 0.393. The van der Waals surface area contributed by atoms with E-state index in [1.54, 1.807) is 6.92 Å². The van der Waals surface area contributed by atoms with Crippen molar-refractivity contribution in [2.45, 2.75) is 20.3 Å². The van der Waals surface area contributed by atoms with E-state index < -0.39 is 0 Å². The number of allylic oxidation sites excluding steroid dienone is 4. The van der Waals surface area contributed by atoms with E-state index in [0.717, 1.165) is 0 Å². The van der Waals surface area contributed by atoms with Gasteiger partial charge in [-0.15, -0.1) is 0 Å². The van der Waals surface area contributed by atoms with Gasteiger partial charge in [0.25, 0.3) is 0 Å². The molecule has 0 aromatic carbocycles. The zero-order valence-electron chi connectivity index (χ0n) is 5.99. The van der Waals surface area contributed by atoms with Gasteiger partial charge in [-0.1, -0.05) is 6.92 Å². The molecular formula is C7H10BrFO. The first-order valence-corrected chi connectivity index (χ1v) is 3.78. The summed E-state index contributed by atoms with van der Waals surface area (Å²) in [6, 6.07) is 0. The summed E-state index contributed by atoms with van der Waals surface area (Å²) in [6.07, 6.45) is 1.74. The summed E-state index contributed by atoms with van der Waals surface area (Å²) in [7, 11) is 0. The molecule has 0 radical (unpaired) electrons. The maximum atomic E-state index is 12.1. The highest BCUT2D eigenvalue weighted by Crippen LogP contribution is 2.16. The topological polar surface area (TPSA) is 20.2 Å². The fourth-order valence-electron chi connectivity index (χ4n) is 0.427. The molecule has 0 bridgehead atoms. The molecule has 0 amide bonds. The Bertz CT molecular complexity index is 168. The molecule has 3 heteroatoms. The third kappa shape index (κ3) is 3.67. The van der Waals surface area contributed by atoms with Crippen LogP contribution in [-0.2, 0) is 0 Å². The van der Waals surface area contributed by atoms with Crippen molar-refractivity contribution in [1.29, 1.82) is 0 Å². The van der Waals surface area contributed by atoms with Crippen molar-refractivity contribution in [2.24, 2.45) is 0 Å². The molecule has 0 rings (SSSR count). The molecule has 0 aromatic heterocycles. The molecule has 58 valence electrons. The second kappa shape index (κ2) is 4.50. The van der Waals surface area contributed by atoms with Crippen LogP contribution in [0.3, 0.4) is 0 Å². The summed E-state index contributed by atoms with van der Waals surface area (Å²) in [5, 5.41) is 9.00. The van der Waals surface area contributed by atoms with Gasteiger partial charge in [0.15, 0.2) is 0 Å². The minimum atomic E-state index is -0.327. The highest BCUT2D eigenvalue weighted by Gasteiger charge is 1.95. The fourth-order valence-corrected chi connectivity index (χ4v) is 1.02. The smallest absolute Gasteiger partial charge is 0.106 e. The fraction of sp³-hybridized carbons (Fsp3) is 0.429. The van der Waals surface area contributed by atoms with Crippen molar-refractivity contribution < 1.29 is 9.50 Å². The number of halogens is 2. The van der Waals surface area contributed by atoms with Gasteiger partial charge in [0, 0.05) is 6.42 Å². The van der Waals surface area contributed by atoms with Gasteiger partial charge in [0.1, 0.15) is 5.76 Å². The summed E-state index contributed by atoms with van der Waals surface area (Å²) in [5.41, 5.74) is 0. The Morgan fingerprint density at radius 3 is 2.50 bits per heavy atom. The lowest BCUT2D eigenvalue weighted by Gasteiger charge is -1.95. The van der Waals surface area contributed by atoms with E-state index in [-0.39, 0.29) is 11.6 Å². The zero-order valence-corrected chi connectivity index (χ0v) is 7.57. The van der Waals surface area contributed by atoms with Gasteiger partial charge in [-0.3, -0.25) is 0 Å². The Labute approximate surface area is 68.4 Å². The Kier molecular flexibility index (Phi) is 4.36. The maximum Gasteiger partial charge on any atom is 0.106 e. The molecule has 0 heterocycles. The summed E-state index contributed by atoms with van der Waals surface area (Å²) in [4.78, 5) is 0. The molecular weight excluding hydrogens is 199 g/mol. The SMILES string of the molecule is CC/C(O)=C(Br)\C=C(\C)F. The molecule has 1 nitrogen and oxygen atoms in total. The van der Waals surface area contributed by atoms with E-state index in [0.29, 0.717) is 10.9 Å². The van der Waals surface area contributed by atoms with Crippen LogP contribution in [0.5, 0.6) is 0 Å². The van der Waals surface area contributed by atoms with E-state index in [1.165, 1.54) is 13.0 Å². The molecule has 0 unspecified atom stereocenters. The highest BCUT2D eigenvalue weighted by atomic mass is 79.9. The number of aliphatic hydroxyl groups excluding tert-OH is 1. The van der Waals surface area contributed by atoms with Crippen LogP contribution in [0.15, 0.2) is 22.1 Å². The Morgan fingerprint density at radius 1 is 1.70 bits per heavy atom. The van der Waals surface area contributed by atoms with Crippen LogP contribution in [-0.4, -0.2) is 5.11 Å². The quantitative estimate of drug-likeness (QED) is 0.545. The number of hydrogen-bond donors (Lipinski definition) is 1. The minimum Gasteiger partial charge on any atom is -0.511 e. The second-order valence-electron chi connectivity index (χ2n) is 1.88. The van der Waals surface area contributed by atoms with E-state index in [2.05, 4.69) is 15.9 Å². The van der Waals surface area contributed by atoms with Gasteiger partial charge in [-0.25, -0.2) is 4.39 Å². The van der Waals surface area contributed by atoms with Crippen LogP contribution >= 0.6 is 15.9 Å². The predicted octanol–water partition coefficient (Wildman–Crippen LogP) is 3.43. The van der Waals surface area contributed by atoms with Crippen LogP contribution in [0.1, 0.15) is 20.3 Å². The predicted molar refractivity (Wildman–Crippen MR) is 43.7 cm³/mol. The molecule has 1 N–H and O–H groups in total. The van der Waals surface area contributed by atoms with Crippen LogP contribution in [0.25, 0.3) is 0 Å². The Balaban J connectivity index is 4.33. The van der Waals surface area contributed by atoms with E-state index >= 15 is 0 Å². The largest absolute Gasteiger partial charge is 0.511 e. The zero-order chi connectivity index (χ0) is 8.15. The molecule has 0 aliphatic carbocycles. The molecule has 0 aliphatic rings. The first-order valence-electron chi connectivity index (χ1n) is 2.99. The number of rotatable bonds is 2. The van der Waals surface area contributed by atoms with Crippen LogP contribution in [0, 0.1) is 0 Å². The Morgan fingerprint density at radius 2 is 2.20 bits per heavy atom. The third-order valence-corrected chi connectivity index (χ3v) is 1.62. The summed E-state index contributed by atoms with van der Waals surface area (Å²) < 4.78 is 12.5. The van der Waals surface area contributed by atoms with Crippen molar-refractivity contribution in [3.63, 3.8) is 0 Å². The lowest BCUT2D eigenvalue weighted by atomic mass is 10.3. The van der Waals surface area contributed by atoms with Crippen molar-refractivity contribution in [3.05, 3.63) is 22.1 Å². The van der Waals surface area contributed by atoms with Crippen molar-refractivity contribution in [3.8, 4) is 0 Å². The normalized spacial score (nSPS) is 15.0. The molecule has 0 saturated heterocycles. The summed E-state index contributed by atoms with van der Waals surface area (Å²) >= 11 is 3.02. The van der Waals surface area contributed by atoms with Gasteiger partial charge in [-0.2, -0.15) is 0 Å². The molecule has 0 spiro atoms. The van der Waals surface area contributed by atoms with E-state index in [1.807, 2.05) is 0 Å². The summed E-state index contributed by atoms with van der Waals surface area (Å²) in [5.74, 6) is -0.163. The highest BCUT2D eigenvalue weighted by molar-refractivity contribution is 9.11. The second-order valence-corrected chi connectivity index (χ2v) is 2.73. The molecule has 0 aliphatic heterocycles. The molecule has 0 atom stereocenters. The monoisotopic (exact) mass is 208 g/mol. The van der Waals surface area contributed by atoms with Crippen LogP contribution in [0.4, 0.5) is 4.39 Å². The summed E-state index contributed by atoms with van der Waals surface area (Å²) in [6.45, 7) is 3.11. The molecule has 0 saturated carbocycles. The first-order chi connectivity index (χ1) is 4.57. The molecule has 0 aromatic rings. The van der Waals surface area contributed by atoms with Gasteiger partial charge >= 0.3 is 0 Å². The van der Waals surface area contributed by atoms with E-state index in [9.17, 15) is 4.39 Å². The van der Waals surface area contributed by atoms with Gasteiger partial charge in [0.05, 0.1) is 10.3 Å². The van der Waals surface area contributed by atoms with Crippen molar-refractivity contribution in [1.82, 2.24) is 0 Å². The minimum absolute atomic E-state index is 0.164. The molecule has 0 fully saturated rings. The van der Waals surface area contributed by atoms with Crippen LogP contribution < -0.4 is 0 Å². The number of hydrogen-bond acceptors (Lipinski definition) is 1. The van der Waals surface area contributed by atoms with Gasteiger partial charge in [-0.05, 0) is 28.9 Å². The first kappa shape index (κ1) is 9.69. The maximum absolute atomic E-state index is 12.1. The average Bonchev–Trinajstić information content (AvgIpc) is 1.85. The lowest BCUT2D eigenvalue weighted by Crippen LogP contribution is -1.79. The Hall–Kier alpha value is -0.310. The van der Waals surface area contributed by atoms with E-state index in [4.69, 9.17) is 5.11 Å².